The van der Waals surface area contributed by atoms with Gasteiger partial charge in [-0.2, -0.15) is 0 Å². The molecule has 1 aliphatic heterocycles. The summed E-state index contributed by atoms with van der Waals surface area (Å²) in [5.74, 6) is 1.16. The van der Waals surface area contributed by atoms with E-state index >= 15 is 0 Å². The van der Waals surface area contributed by atoms with Crippen molar-refractivity contribution in [2.45, 2.75) is 38.2 Å². The van der Waals surface area contributed by atoms with E-state index in [9.17, 15) is 4.79 Å². The molecule has 0 spiro atoms. The molecule has 1 aromatic rings. The number of thioether (sulfide) groups is 1. The molecule has 1 aliphatic rings. The van der Waals surface area contributed by atoms with Gasteiger partial charge in [-0.3, -0.25) is 4.79 Å². The predicted molar refractivity (Wildman–Crippen MR) is 98.0 cm³/mol. The van der Waals surface area contributed by atoms with E-state index in [1.807, 2.05) is 44.6 Å². The van der Waals surface area contributed by atoms with Gasteiger partial charge in [0.1, 0.15) is 5.37 Å². The third kappa shape index (κ3) is 5.15. The highest BCUT2D eigenvalue weighted by Crippen LogP contribution is 2.37. The van der Waals surface area contributed by atoms with Crippen molar-refractivity contribution in [2.24, 2.45) is 0 Å². The molecule has 5 heteroatoms. The highest BCUT2D eigenvalue weighted by atomic mass is 32.2. The Morgan fingerprint density at radius 3 is 2.61 bits per heavy atom. The van der Waals surface area contributed by atoms with Gasteiger partial charge in [-0.05, 0) is 38.0 Å². The minimum atomic E-state index is 0.131. The summed E-state index contributed by atoms with van der Waals surface area (Å²) in [6, 6.07) is 8.52. The van der Waals surface area contributed by atoms with Crippen molar-refractivity contribution in [3.63, 3.8) is 0 Å². The highest BCUT2D eigenvalue weighted by molar-refractivity contribution is 7.99. The Balaban J connectivity index is 2.02. The standard InChI is InChI=1S/C18H28N2O2S/c1-14(2)22-12-5-11-20-17(21)10-13-23-18(20)15-6-8-16(9-7-15)19(3)4/h6-9,14,18H,5,10-13H2,1-4H3. The smallest absolute Gasteiger partial charge is 0.224 e. The predicted octanol–water partition coefficient (Wildman–Crippen LogP) is 3.53. The normalized spacial score (nSPS) is 18.6. The van der Waals surface area contributed by atoms with Crippen molar-refractivity contribution in [2.75, 3.05) is 37.9 Å². The summed E-state index contributed by atoms with van der Waals surface area (Å²) < 4.78 is 5.60. The van der Waals surface area contributed by atoms with E-state index in [1.54, 1.807) is 0 Å². The van der Waals surface area contributed by atoms with Gasteiger partial charge in [0.25, 0.3) is 0 Å². The van der Waals surface area contributed by atoms with Crippen molar-refractivity contribution in [1.82, 2.24) is 4.90 Å². The molecule has 128 valence electrons. The van der Waals surface area contributed by atoms with E-state index in [4.69, 9.17) is 4.74 Å². The number of carbonyl (C=O) groups excluding carboxylic acids is 1. The number of nitrogens with zero attached hydrogens (tertiary/aromatic N) is 2. The summed E-state index contributed by atoms with van der Waals surface area (Å²) in [6.07, 6.45) is 1.77. The van der Waals surface area contributed by atoms with Crippen LogP contribution in [0, 0.1) is 0 Å². The van der Waals surface area contributed by atoms with Gasteiger partial charge < -0.3 is 14.5 Å². The van der Waals surface area contributed by atoms with Crippen LogP contribution in [-0.4, -0.2) is 49.9 Å². The first-order valence-electron chi connectivity index (χ1n) is 8.29. The van der Waals surface area contributed by atoms with Crippen LogP contribution in [-0.2, 0) is 9.53 Å². The van der Waals surface area contributed by atoms with Gasteiger partial charge in [-0.25, -0.2) is 0 Å². The zero-order valence-corrected chi connectivity index (χ0v) is 15.4. The lowest BCUT2D eigenvalue weighted by Crippen LogP contribution is -2.38. The quantitative estimate of drug-likeness (QED) is 0.713. The zero-order chi connectivity index (χ0) is 16.8. The third-order valence-electron chi connectivity index (χ3n) is 3.88. The van der Waals surface area contributed by atoms with E-state index in [-0.39, 0.29) is 17.4 Å². The molecule has 0 radical (unpaired) electrons. The maximum atomic E-state index is 12.3. The molecule has 1 unspecified atom stereocenters. The van der Waals surface area contributed by atoms with Crippen LogP contribution < -0.4 is 4.90 Å². The van der Waals surface area contributed by atoms with Gasteiger partial charge in [0.15, 0.2) is 0 Å². The molecule has 1 amide bonds. The monoisotopic (exact) mass is 336 g/mol. The van der Waals surface area contributed by atoms with E-state index < -0.39 is 0 Å². The second kappa shape index (κ2) is 8.60. The molecule has 0 N–H and O–H groups in total. The fourth-order valence-corrected chi connectivity index (χ4v) is 3.90. The first-order valence-corrected chi connectivity index (χ1v) is 9.34. The highest BCUT2D eigenvalue weighted by Gasteiger charge is 2.29. The van der Waals surface area contributed by atoms with Gasteiger partial charge in [0.05, 0.1) is 6.10 Å². The molecule has 1 aromatic carbocycles. The Labute approximate surface area is 144 Å². The number of anilines is 1. The fraction of sp³-hybridized carbons (Fsp3) is 0.611. The van der Waals surface area contributed by atoms with Crippen LogP contribution in [0.3, 0.4) is 0 Å². The summed E-state index contributed by atoms with van der Waals surface area (Å²) in [4.78, 5) is 16.4. The Morgan fingerprint density at radius 2 is 2.00 bits per heavy atom. The zero-order valence-electron chi connectivity index (χ0n) is 14.6. The SMILES string of the molecule is CC(C)OCCCN1C(=O)CCSC1c1ccc(N(C)C)cc1. The summed E-state index contributed by atoms with van der Waals surface area (Å²) in [5.41, 5.74) is 2.39. The first kappa shape index (κ1) is 18.1. The molecule has 1 saturated heterocycles. The Bertz CT molecular complexity index is 502. The minimum absolute atomic E-state index is 0.131. The number of hydrogen-bond donors (Lipinski definition) is 0. The van der Waals surface area contributed by atoms with Crippen LogP contribution in [0.25, 0.3) is 0 Å². The minimum Gasteiger partial charge on any atom is -0.379 e. The largest absolute Gasteiger partial charge is 0.379 e. The lowest BCUT2D eigenvalue weighted by Gasteiger charge is -2.35. The second-order valence-corrected chi connectivity index (χ2v) is 7.51. The molecule has 1 atom stereocenters. The van der Waals surface area contributed by atoms with Gasteiger partial charge in [0, 0.05) is 45.1 Å². The Hall–Kier alpha value is -1.20. The average molecular weight is 337 g/mol. The maximum absolute atomic E-state index is 12.3. The third-order valence-corrected chi connectivity index (χ3v) is 5.17. The lowest BCUT2D eigenvalue weighted by atomic mass is 10.1. The topological polar surface area (TPSA) is 32.8 Å². The number of amides is 1. The molecule has 0 aliphatic carbocycles. The van der Waals surface area contributed by atoms with Crippen LogP contribution in [0.5, 0.6) is 0 Å². The molecule has 2 rings (SSSR count). The van der Waals surface area contributed by atoms with E-state index in [0.717, 1.165) is 18.7 Å². The number of hydrogen-bond acceptors (Lipinski definition) is 4. The average Bonchev–Trinajstić information content (AvgIpc) is 2.52. The Kier molecular flexibility index (Phi) is 6.78. The van der Waals surface area contributed by atoms with Crippen molar-refractivity contribution in [1.29, 1.82) is 0 Å². The van der Waals surface area contributed by atoms with Gasteiger partial charge in [-0.15, -0.1) is 11.8 Å². The molecule has 23 heavy (non-hydrogen) atoms. The van der Waals surface area contributed by atoms with Gasteiger partial charge >= 0.3 is 0 Å². The summed E-state index contributed by atoms with van der Waals surface area (Å²) in [6.45, 7) is 5.55. The molecule has 1 heterocycles. The van der Waals surface area contributed by atoms with Crippen molar-refractivity contribution in [3.8, 4) is 0 Å². The van der Waals surface area contributed by atoms with Crippen LogP contribution in [0.4, 0.5) is 5.69 Å². The maximum Gasteiger partial charge on any atom is 0.224 e. The van der Waals surface area contributed by atoms with E-state index in [2.05, 4.69) is 29.2 Å². The van der Waals surface area contributed by atoms with Crippen LogP contribution in [0.15, 0.2) is 24.3 Å². The van der Waals surface area contributed by atoms with E-state index in [0.29, 0.717) is 13.0 Å². The number of ether oxygens (including phenoxy) is 1. The fourth-order valence-electron chi connectivity index (χ4n) is 2.63. The Morgan fingerprint density at radius 1 is 1.30 bits per heavy atom. The molecular weight excluding hydrogens is 308 g/mol. The number of carbonyl (C=O) groups is 1. The summed E-state index contributed by atoms with van der Waals surface area (Å²) in [5, 5.41) is 0.131. The van der Waals surface area contributed by atoms with Crippen LogP contribution in [0.2, 0.25) is 0 Å². The summed E-state index contributed by atoms with van der Waals surface area (Å²) in [7, 11) is 4.07. The van der Waals surface area contributed by atoms with Crippen molar-refractivity contribution in [3.05, 3.63) is 29.8 Å². The lowest BCUT2D eigenvalue weighted by molar-refractivity contribution is -0.132. The number of rotatable bonds is 7. The van der Waals surface area contributed by atoms with Crippen molar-refractivity contribution >= 4 is 23.4 Å². The molecule has 4 nitrogen and oxygen atoms in total. The summed E-state index contributed by atoms with van der Waals surface area (Å²) >= 11 is 1.86. The van der Waals surface area contributed by atoms with Crippen molar-refractivity contribution < 1.29 is 9.53 Å². The van der Waals surface area contributed by atoms with Gasteiger partial charge in [0.2, 0.25) is 5.91 Å². The molecular formula is C18H28N2O2S. The molecule has 1 fully saturated rings. The second-order valence-electron chi connectivity index (χ2n) is 6.32. The van der Waals surface area contributed by atoms with Crippen LogP contribution in [0.1, 0.15) is 37.6 Å². The molecule has 0 saturated carbocycles. The van der Waals surface area contributed by atoms with E-state index in [1.165, 1.54) is 11.3 Å². The number of benzene rings is 1. The first-order chi connectivity index (χ1) is 11.0. The molecule has 0 bridgehead atoms. The van der Waals surface area contributed by atoms with Crippen LogP contribution >= 0.6 is 11.8 Å². The van der Waals surface area contributed by atoms with Gasteiger partial charge in [-0.1, -0.05) is 12.1 Å². The molecule has 0 aromatic heterocycles.